The van der Waals surface area contributed by atoms with Crippen LogP contribution in [0.15, 0.2) is 24.3 Å². The van der Waals surface area contributed by atoms with Crippen LogP contribution in [0.5, 0.6) is 5.75 Å². The van der Waals surface area contributed by atoms with E-state index in [1.807, 2.05) is 12.1 Å². The minimum absolute atomic E-state index is 0. The van der Waals surface area contributed by atoms with Gasteiger partial charge in [0.15, 0.2) is 0 Å². The predicted octanol–water partition coefficient (Wildman–Crippen LogP) is 7.54. The molecule has 0 unspecified atom stereocenters. The largest absolute Gasteiger partial charge is 0.494 e. The van der Waals surface area contributed by atoms with Crippen LogP contribution in [0.3, 0.4) is 0 Å². The summed E-state index contributed by atoms with van der Waals surface area (Å²) in [5.41, 5.74) is 1.29. The van der Waals surface area contributed by atoms with Gasteiger partial charge in [0.25, 0.3) is 12.4 Å². The molecule has 0 N–H and O–H groups in total. The lowest BCUT2D eigenvalue weighted by Gasteiger charge is -2.27. The molecule has 2 rings (SSSR count). The second-order valence-corrected chi connectivity index (χ2v) is 7.49. The van der Waals surface area contributed by atoms with Crippen molar-refractivity contribution in [3.8, 4) is 5.75 Å². The molecule has 1 aliphatic rings. The van der Waals surface area contributed by atoms with Gasteiger partial charge in [-0.25, -0.2) is 0 Å². The molecular formula is C21H36F6O3S. The van der Waals surface area contributed by atoms with Crippen molar-refractivity contribution >= 4 is 18.4 Å². The van der Waals surface area contributed by atoms with Crippen LogP contribution in [0.25, 0.3) is 0 Å². The Morgan fingerprint density at radius 3 is 2.00 bits per heavy atom. The fourth-order valence-electron chi connectivity index (χ4n) is 3.67. The zero-order valence-corrected chi connectivity index (χ0v) is 18.6. The number of halogens is 6. The zero-order chi connectivity index (χ0) is 18.6. The van der Waals surface area contributed by atoms with Gasteiger partial charge in [0, 0.05) is 0 Å². The molecule has 0 aromatic heterocycles. The van der Waals surface area contributed by atoms with Crippen LogP contribution in [0.4, 0.5) is 27.4 Å². The average molecular weight is 483 g/mol. The number of benzene rings is 1. The maximum atomic E-state index is 12.0. The van der Waals surface area contributed by atoms with Gasteiger partial charge < -0.3 is 8.92 Å². The maximum absolute atomic E-state index is 12.0. The summed E-state index contributed by atoms with van der Waals surface area (Å²) in [6.45, 7) is 3.02. The Morgan fingerprint density at radius 2 is 1.45 bits per heavy atom. The molecule has 0 aliphatic heterocycles. The van der Waals surface area contributed by atoms with Crippen LogP contribution < -0.4 is 4.74 Å². The first-order valence-corrected chi connectivity index (χ1v) is 10.6. The lowest BCUT2D eigenvalue weighted by molar-refractivity contribution is -0.138. The highest BCUT2D eigenvalue weighted by atomic mass is 32.2. The summed E-state index contributed by atoms with van der Waals surface area (Å²) in [7, 11) is 0. The van der Waals surface area contributed by atoms with Crippen molar-refractivity contribution in [2.24, 2.45) is 5.92 Å². The minimum Gasteiger partial charge on any atom is -0.494 e. The molecule has 1 aliphatic carbocycles. The summed E-state index contributed by atoms with van der Waals surface area (Å²) in [6, 6.07) is 8.37. The highest BCUT2D eigenvalue weighted by Crippen LogP contribution is 2.37. The fourth-order valence-corrected chi connectivity index (χ4v) is 3.87. The summed E-state index contributed by atoms with van der Waals surface area (Å²) >= 11 is -0.349. The highest BCUT2D eigenvalue weighted by Gasteiger charge is 2.28. The standard InChI is InChI=1S/C21H31FO3S.5FH/c1-2-3-4-5-6-7-16-24-20-14-12-18(13-15-20)17-8-10-19(11-9-17)21(23)25-26-22;;;;;/h12-15,17,19H,2-11,16H2,1H3;5*1H. The maximum Gasteiger partial charge on any atom is 0.323 e. The van der Waals surface area contributed by atoms with E-state index in [9.17, 15) is 8.68 Å². The molecule has 0 bridgehead atoms. The van der Waals surface area contributed by atoms with Crippen LogP contribution in [-0.2, 0) is 8.98 Å². The van der Waals surface area contributed by atoms with Crippen molar-refractivity contribution in [1.82, 2.24) is 0 Å². The Labute approximate surface area is 185 Å². The summed E-state index contributed by atoms with van der Waals surface area (Å²) in [4.78, 5) is 11.6. The van der Waals surface area contributed by atoms with Crippen LogP contribution >= 0.6 is 12.4 Å². The molecule has 3 nitrogen and oxygen atoms in total. The quantitative estimate of drug-likeness (QED) is 0.185. The molecule has 1 fully saturated rings. The van der Waals surface area contributed by atoms with Crippen molar-refractivity contribution in [3.05, 3.63) is 29.8 Å². The molecule has 10 heteroatoms. The lowest BCUT2D eigenvalue weighted by Crippen LogP contribution is -2.21. The van der Waals surface area contributed by atoms with Crippen molar-refractivity contribution in [3.63, 3.8) is 0 Å². The Balaban J connectivity index is -0.000000729. The number of rotatable bonds is 11. The van der Waals surface area contributed by atoms with Crippen molar-refractivity contribution in [1.29, 1.82) is 0 Å². The van der Waals surface area contributed by atoms with E-state index >= 15 is 0 Å². The van der Waals surface area contributed by atoms with Gasteiger partial charge in [-0.2, -0.15) is 0 Å². The van der Waals surface area contributed by atoms with Gasteiger partial charge >= 0.3 is 5.97 Å². The zero-order valence-electron chi connectivity index (χ0n) is 17.8. The Morgan fingerprint density at radius 1 is 0.903 bits per heavy atom. The SMILES string of the molecule is CCCCCCCCOc1ccc(C2CCC(C(=O)OSF)CC2)cc1.F.F.F.F.F. The number of unbranched alkanes of at least 4 members (excludes halogenated alkanes) is 5. The predicted molar refractivity (Wildman–Crippen MR) is 117 cm³/mol. The van der Waals surface area contributed by atoms with Gasteiger partial charge in [-0.1, -0.05) is 51.2 Å². The van der Waals surface area contributed by atoms with Crippen LogP contribution in [0.2, 0.25) is 0 Å². The second kappa shape index (κ2) is 21.6. The van der Waals surface area contributed by atoms with E-state index in [2.05, 4.69) is 23.2 Å². The van der Waals surface area contributed by atoms with Crippen LogP contribution in [-0.4, -0.2) is 12.6 Å². The molecule has 0 amide bonds. The van der Waals surface area contributed by atoms with Crippen LogP contribution in [0.1, 0.15) is 82.6 Å². The topological polar surface area (TPSA) is 35.5 Å². The lowest BCUT2D eigenvalue weighted by atomic mass is 9.79. The highest BCUT2D eigenvalue weighted by molar-refractivity contribution is 7.89. The van der Waals surface area contributed by atoms with Crippen molar-refractivity contribution in [2.45, 2.75) is 77.0 Å². The Bertz CT molecular complexity index is 528. The molecule has 0 saturated heterocycles. The molecule has 0 atom stereocenters. The van der Waals surface area contributed by atoms with E-state index in [1.54, 1.807) is 0 Å². The molecule has 0 radical (unpaired) electrons. The van der Waals surface area contributed by atoms with E-state index in [4.69, 9.17) is 4.74 Å². The first-order chi connectivity index (χ1) is 12.7. The third-order valence-electron chi connectivity index (χ3n) is 5.29. The first-order valence-electron chi connectivity index (χ1n) is 9.96. The summed E-state index contributed by atoms with van der Waals surface area (Å²) < 4.78 is 22.3. The smallest absolute Gasteiger partial charge is 0.323 e. The first kappa shape index (κ1) is 36.8. The number of ether oxygens (including phenoxy) is 1. The van der Waals surface area contributed by atoms with Gasteiger partial charge in [-0.15, -0.1) is 3.89 Å². The molecule has 31 heavy (non-hydrogen) atoms. The van der Waals surface area contributed by atoms with Gasteiger partial charge in [0.2, 0.25) is 0 Å². The molecule has 1 aromatic rings. The van der Waals surface area contributed by atoms with Crippen molar-refractivity contribution < 1.29 is 41.1 Å². The van der Waals surface area contributed by atoms with E-state index in [0.717, 1.165) is 44.5 Å². The molecule has 1 saturated carbocycles. The Kier molecular flexibility index (Phi) is 25.7. The average Bonchev–Trinajstić information content (AvgIpc) is 2.68. The minimum atomic E-state index is -0.422. The number of hydrogen-bond acceptors (Lipinski definition) is 4. The fraction of sp³-hybridized carbons (Fsp3) is 0.667. The van der Waals surface area contributed by atoms with Gasteiger partial charge in [0.1, 0.15) is 5.75 Å². The monoisotopic (exact) mass is 482 g/mol. The third kappa shape index (κ3) is 13.4. The molecule has 0 spiro atoms. The normalized spacial score (nSPS) is 16.7. The van der Waals surface area contributed by atoms with E-state index in [-0.39, 0.29) is 41.9 Å². The number of carbonyl (C=O) groups is 1. The van der Waals surface area contributed by atoms with Crippen LogP contribution in [0, 0.1) is 5.92 Å². The molecule has 186 valence electrons. The Hall–Kier alpha value is -1.58. The summed E-state index contributed by atoms with van der Waals surface area (Å²) in [5, 5.41) is 0. The molecule has 1 aromatic carbocycles. The van der Waals surface area contributed by atoms with E-state index in [0.29, 0.717) is 5.92 Å². The third-order valence-corrected chi connectivity index (χ3v) is 5.52. The summed E-state index contributed by atoms with van der Waals surface area (Å²) in [6.07, 6.45) is 11.0. The number of hydrogen-bond donors (Lipinski definition) is 0. The van der Waals surface area contributed by atoms with Gasteiger partial charge in [-0.05, 0) is 55.7 Å². The van der Waals surface area contributed by atoms with Gasteiger partial charge in [-0.3, -0.25) is 28.3 Å². The van der Waals surface area contributed by atoms with Crippen molar-refractivity contribution in [2.75, 3.05) is 6.61 Å². The second-order valence-electron chi connectivity index (χ2n) is 7.20. The molecular weight excluding hydrogens is 446 g/mol. The number of carbonyl (C=O) groups excluding carboxylic acids is 1. The van der Waals surface area contributed by atoms with E-state index < -0.39 is 5.97 Å². The summed E-state index contributed by atoms with van der Waals surface area (Å²) in [5.74, 6) is 0.813. The molecule has 0 heterocycles. The van der Waals surface area contributed by atoms with Gasteiger partial charge in [0.05, 0.1) is 12.5 Å². The van der Waals surface area contributed by atoms with E-state index in [1.165, 1.54) is 37.7 Å².